The summed E-state index contributed by atoms with van der Waals surface area (Å²) in [4.78, 5) is 38.5. The van der Waals surface area contributed by atoms with E-state index in [0.29, 0.717) is 19.3 Å². The van der Waals surface area contributed by atoms with E-state index in [2.05, 4.69) is 24.5 Å². The summed E-state index contributed by atoms with van der Waals surface area (Å²) in [5.41, 5.74) is 0. The second-order valence-electron chi connectivity index (χ2n) is 24.7. The highest BCUT2D eigenvalue weighted by Gasteiger charge is 2.60. The molecule has 0 bridgehead atoms. The monoisotopic (exact) mass is 1240 g/mol. The van der Waals surface area contributed by atoms with Crippen LogP contribution in [0.15, 0.2) is 0 Å². The number of amides is 2. The normalized spacial score (nSPS) is 29.3. The molecule has 3 aliphatic rings. The van der Waals surface area contributed by atoms with E-state index >= 15 is 0 Å². The Morgan fingerprint density at radius 3 is 1.45 bits per heavy atom. The number of carboxylic acid groups (broad SMARTS) is 1. The molecule has 3 fully saturated rings. The molecule has 0 saturated carbocycles. The molecule has 2 amide bonds. The van der Waals surface area contributed by atoms with Crippen molar-refractivity contribution in [3.05, 3.63) is 0 Å². The maximum absolute atomic E-state index is 13.4. The predicted molar refractivity (Wildman–Crippen MR) is 320 cm³/mol. The number of carbonyl (C=O) groups excluding carboxylic acids is 2. The summed E-state index contributed by atoms with van der Waals surface area (Å²) in [6, 6.07) is -2.52. The third kappa shape index (κ3) is 28.1. The molecule has 3 aliphatic heterocycles. The van der Waals surface area contributed by atoms with Crippen molar-refractivity contribution < 1.29 is 104 Å². The fourth-order valence-electron chi connectivity index (χ4n) is 11.9. The number of carbonyl (C=O) groups is 3. The van der Waals surface area contributed by atoms with Gasteiger partial charge in [0.2, 0.25) is 11.8 Å². The quantitative estimate of drug-likeness (QED) is 0.0358. The van der Waals surface area contributed by atoms with Crippen molar-refractivity contribution in [3.8, 4) is 0 Å². The van der Waals surface area contributed by atoms with Crippen molar-refractivity contribution in [2.75, 3.05) is 26.4 Å². The largest absolute Gasteiger partial charge is 0.477 e. The third-order valence-corrected chi connectivity index (χ3v) is 17.3. The van der Waals surface area contributed by atoms with Crippen LogP contribution < -0.4 is 10.6 Å². The summed E-state index contributed by atoms with van der Waals surface area (Å²) >= 11 is 0. The highest BCUT2D eigenvalue weighted by molar-refractivity contribution is 5.77. The van der Waals surface area contributed by atoms with Gasteiger partial charge in [-0.1, -0.05) is 213 Å². The lowest BCUT2D eigenvalue weighted by Gasteiger charge is -2.50. The van der Waals surface area contributed by atoms with Crippen LogP contribution in [0.5, 0.6) is 0 Å². The van der Waals surface area contributed by atoms with Gasteiger partial charge in [0.05, 0.1) is 50.7 Å². The Hall–Kier alpha value is -2.27. The van der Waals surface area contributed by atoms with Gasteiger partial charge in [0.15, 0.2) is 12.6 Å². The van der Waals surface area contributed by atoms with Crippen molar-refractivity contribution in [3.63, 3.8) is 0 Å². The van der Waals surface area contributed by atoms with E-state index in [4.69, 9.17) is 28.4 Å². The number of aliphatic carboxylic acids is 1. The van der Waals surface area contributed by atoms with Gasteiger partial charge >= 0.3 is 5.97 Å². The van der Waals surface area contributed by atoms with E-state index in [0.717, 1.165) is 58.3 Å². The molecule has 0 aromatic heterocycles. The smallest absolute Gasteiger partial charge is 0.364 e. The first-order valence-electron chi connectivity index (χ1n) is 33.4. The van der Waals surface area contributed by atoms with Gasteiger partial charge in [-0.15, -0.1) is 0 Å². The molecule has 3 saturated heterocycles. The summed E-state index contributed by atoms with van der Waals surface area (Å²) in [5, 5.41) is 136. The van der Waals surface area contributed by atoms with Crippen molar-refractivity contribution >= 4 is 17.8 Å². The second-order valence-corrected chi connectivity index (χ2v) is 24.7. The van der Waals surface area contributed by atoms with E-state index in [1.165, 1.54) is 141 Å². The lowest BCUT2D eigenvalue weighted by Crippen LogP contribution is -2.70. The van der Waals surface area contributed by atoms with Gasteiger partial charge in [-0.3, -0.25) is 9.59 Å². The molecule has 18 atom stereocenters. The van der Waals surface area contributed by atoms with Crippen LogP contribution >= 0.6 is 0 Å². The van der Waals surface area contributed by atoms with E-state index in [9.17, 15) is 75.7 Å². The minimum Gasteiger partial charge on any atom is -0.477 e. The van der Waals surface area contributed by atoms with Gasteiger partial charge < -0.3 is 100 Å². The van der Waals surface area contributed by atoms with E-state index in [-0.39, 0.29) is 18.9 Å². The number of nitrogens with one attached hydrogen (secondary N) is 2. The van der Waals surface area contributed by atoms with Crippen LogP contribution in [0.25, 0.3) is 0 Å². The number of unbranched alkanes of at least 4 members (excludes halogenated alkanes) is 30. The number of rotatable bonds is 50. The van der Waals surface area contributed by atoms with Crippen LogP contribution in [0.2, 0.25) is 0 Å². The molecule has 3 heterocycles. The maximum Gasteiger partial charge on any atom is 0.364 e. The SMILES string of the molecule is CCCCCCCCCCCCCCCCCCCCC(O)C(COC1OC(CO)C(OC2OC(CO)C(O)C(OC3(C(=O)O)CC(O)C(NC(C)=O)C(C(O)C(O)CO)O3)C2O)C(O)C1O)NC(=O)CCCCCCCCCCCCCCCC. The van der Waals surface area contributed by atoms with Gasteiger partial charge in [0, 0.05) is 19.8 Å². The third-order valence-electron chi connectivity index (χ3n) is 17.3. The van der Waals surface area contributed by atoms with Crippen LogP contribution in [0, 0.1) is 0 Å². The zero-order valence-electron chi connectivity index (χ0n) is 52.4. The topological polar surface area (TPSA) is 373 Å². The summed E-state index contributed by atoms with van der Waals surface area (Å²) in [6.07, 6.45) is 9.65. The molecule has 0 spiro atoms. The number of hydrogen-bond donors (Lipinski definition) is 14. The first kappa shape index (κ1) is 78.0. The zero-order chi connectivity index (χ0) is 63.3. The standard InChI is InChI=1S/C63H118N2O21/c1-4-6-8-10-12-14-16-18-20-21-22-23-24-26-28-30-32-34-36-45(70)44(65-50(73)37-35-33-31-29-27-25-19-17-15-13-11-9-7-5-2)42-81-60-55(77)54(76)57(49(41-68)83-60)84-61-56(78)59(53(75)48(40-67)82-61)86-63(62(79)80)38-46(71)51(64-43(3)69)58(85-63)52(74)47(72)39-66/h44-49,51-61,66-68,70-72,74-78H,4-42H2,1-3H3,(H,64,69)(H,65,73)(H,79,80). The minimum absolute atomic E-state index is 0.228. The van der Waals surface area contributed by atoms with Gasteiger partial charge in [0.1, 0.15) is 67.1 Å². The molecule has 86 heavy (non-hydrogen) atoms. The molecule has 18 unspecified atom stereocenters. The fourth-order valence-corrected chi connectivity index (χ4v) is 11.9. The Morgan fingerprint density at radius 1 is 0.558 bits per heavy atom. The van der Waals surface area contributed by atoms with Gasteiger partial charge in [-0.05, 0) is 12.8 Å². The molecular formula is C63H118N2O21. The molecule has 23 nitrogen and oxygen atoms in total. The first-order valence-corrected chi connectivity index (χ1v) is 33.4. The molecule has 0 radical (unpaired) electrons. The van der Waals surface area contributed by atoms with E-state index in [1.807, 2.05) is 0 Å². The van der Waals surface area contributed by atoms with Gasteiger partial charge in [0.25, 0.3) is 5.79 Å². The minimum atomic E-state index is -3.08. The van der Waals surface area contributed by atoms with Gasteiger partial charge in [-0.2, -0.15) is 0 Å². The van der Waals surface area contributed by atoms with Crippen LogP contribution in [-0.4, -0.2) is 215 Å². The average Bonchev–Trinajstić information content (AvgIpc) is 0.878. The van der Waals surface area contributed by atoms with Crippen LogP contribution in [0.3, 0.4) is 0 Å². The molecule has 3 rings (SSSR count). The molecule has 0 aromatic rings. The molecule has 23 heteroatoms. The summed E-state index contributed by atoms with van der Waals surface area (Å²) < 4.78 is 34.8. The Kier molecular flexibility index (Phi) is 40.9. The number of ether oxygens (including phenoxy) is 6. The lowest BCUT2D eigenvalue weighted by atomic mass is 9.88. The van der Waals surface area contributed by atoms with Crippen molar-refractivity contribution in [1.82, 2.24) is 10.6 Å². The van der Waals surface area contributed by atoms with Crippen LogP contribution in [0.4, 0.5) is 0 Å². The van der Waals surface area contributed by atoms with Gasteiger partial charge in [-0.25, -0.2) is 4.79 Å². The summed E-state index contributed by atoms with van der Waals surface area (Å²) in [6.45, 7) is 2.21. The molecule has 506 valence electrons. The van der Waals surface area contributed by atoms with Crippen molar-refractivity contribution in [2.24, 2.45) is 0 Å². The summed E-state index contributed by atoms with van der Waals surface area (Å²) in [5.74, 6) is -6.09. The molecular weight excluding hydrogens is 1120 g/mol. The Morgan fingerprint density at radius 2 is 1.01 bits per heavy atom. The Bertz CT molecular complexity index is 1760. The van der Waals surface area contributed by atoms with E-state index in [1.54, 1.807) is 0 Å². The fraction of sp³-hybridized carbons (Fsp3) is 0.952. The maximum atomic E-state index is 13.4. The van der Waals surface area contributed by atoms with Crippen molar-refractivity contribution in [2.45, 2.75) is 355 Å². The van der Waals surface area contributed by atoms with E-state index < -0.39 is 148 Å². The number of aliphatic hydroxyl groups excluding tert-OH is 11. The highest BCUT2D eigenvalue weighted by atomic mass is 16.8. The number of hydrogen-bond acceptors (Lipinski definition) is 20. The lowest BCUT2D eigenvalue weighted by molar-refractivity contribution is -0.386. The number of aliphatic hydroxyl groups is 11. The highest BCUT2D eigenvalue weighted by Crippen LogP contribution is 2.39. The molecule has 14 N–H and O–H groups in total. The first-order chi connectivity index (χ1) is 41.4. The van der Waals surface area contributed by atoms with Crippen LogP contribution in [-0.2, 0) is 42.8 Å². The Balaban J connectivity index is 1.62. The second kappa shape index (κ2) is 45.1. The van der Waals surface area contributed by atoms with Crippen molar-refractivity contribution in [1.29, 1.82) is 0 Å². The van der Waals surface area contributed by atoms with Crippen LogP contribution in [0.1, 0.15) is 245 Å². The Labute approximate surface area is 512 Å². The molecule has 0 aromatic carbocycles. The summed E-state index contributed by atoms with van der Waals surface area (Å²) in [7, 11) is 0. The zero-order valence-corrected chi connectivity index (χ0v) is 52.4. The predicted octanol–water partition coefficient (Wildman–Crippen LogP) is 4.95. The number of carboxylic acids is 1. The average molecular weight is 1240 g/mol. The molecule has 0 aliphatic carbocycles.